The molecule has 0 aliphatic carbocycles. The zero-order valence-electron chi connectivity index (χ0n) is 19.9. The first-order valence-electron chi connectivity index (χ1n) is 11.5. The van der Waals surface area contributed by atoms with Gasteiger partial charge in [-0.3, -0.25) is 14.4 Å². The van der Waals surface area contributed by atoms with Gasteiger partial charge in [0.05, 0.1) is 31.0 Å². The number of rotatable bonds is 8. The smallest absolute Gasteiger partial charge is 0.255 e. The minimum absolute atomic E-state index is 0.0611. The van der Waals surface area contributed by atoms with Crippen LogP contribution in [0.5, 0.6) is 11.5 Å². The lowest BCUT2D eigenvalue weighted by Crippen LogP contribution is -2.28. The number of carbonyl (C=O) groups is 3. The van der Waals surface area contributed by atoms with Crippen LogP contribution in [0, 0.1) is 11.7 Å². The van der Waals surface area contributed by atoms with Crippen molar-refractivity contribution >= 4 is 34.8 Å². The fourth-order valence-electron chi connectivity index (χ4n) is 4.03. The molecule has 1 saturated heterocycles. The average molecular weight is 492 g/mol. The van der Waals surface area contributed by atoms with Crippen LogP contribution < -0.4 is 25.0 Å². The van der Waals surface area contributed by atoms with Gasteiger partial charge in [-0.15, -0.1) is 0 Å². The normalized spacial score (nSPS) is 14.9. The lowest BCUT2D eigenvalue weighted by atomic mass is 10.1. The highest BCUT2D eigenvalue weighted by molar-refractivity contribution is 6.06. The Morgan fingerprint density at radius 1 is 1.03 bits per heavy atom. The summed E-state index contributed by atoms with van der Waals surface area (Å²) in [7, 11) is 1.45. The van der Waals surface area contributed by atoms with Crippen molar-refractivity contribution in [1.82, 2.24) is 0 Å². The van der Waals surface area contributed by atoms with Crippen LogP contribution in [0.1, 0.15) is 23.7 Å². The van der Waals surface area contributed by atoms with Crippen LogP contribution in [-0.2, 0) is 9.59 Å². The molecule has 2 N–H and O–H groups in total. The first kappa shape index (κ1) is 24.7. The van der Waals surface area contributed by atoms with E-state index >= 15 is 0 Å². The van der Waals surface area contributed by atoms with Crippen LogP contribution in [0.2, 0.25) is 0 Å². The largest absolute Gasteiger partial charge is 0.495 e. The molecule has 8 nitrogen and oxygen atoms in total. The summed E-state index contributed by atoms with van der Waals surface area (Å²) in [5, 5.41) is 5.50. The fraction of sp³-hybridized carbons (Fsp3) is 0.222. The molecule has 36 heavy (non-hydrogen) atoms. The molecule has 186 valence electrons. The van der Waals surface area contributed by atoms with E-state index in [1.165, 1.54) is 25.3 Å². The first-order chi connectivity index (χ1) is 17.4. The third kappa shape index (κ3) is 5.46. The second-order valence-electron chi connectivity index (χ2n) is 8.17. The molecular formula is C27H26FN3O5. The Morgan fingerprint density at radius 2 is 1.83 bits per heavy atom. The van der Waals surface area contributed by atoms with E-state index in [4.69, 9.17) is 9.47 Å². The van der Waals surface area contributed by atoms with Gasteiger partial charge in [0.15, 0.2) is 0 Å². The lowest BCUT2D eigenvalue weighted by molar-refractivity contribution is -0.122. The van der Waals surface area contributed by atoms with E-state index in [-0.39, 0.29) is 30.3 Å². The third-order valence-corrected chi connectivity index (χ3v) is 5.75. The summed E-state index contributed by atoms with van der Waals surface area (Å²) in [5.74, 6) is -1.16. The van der Waals surface area contributed by atoms with Gasteiger partial charge in [-0.1, -0.05) is 18.2 Å². The van der Waals surface area contributed by atoms with Crippen LogP contribution in [0.15, 0.2) is 66.7 Å². The van der Waals surface area contributed by atoms with Crippen molar-refractivity contribution < 1.29 is 28.2 Å². The maximum Gasteiger partial charge on any atom is 0.255 e. The van der Waals surface area contributed by atoms with E-state index in [9.17, 15) is 18.8 Å². The van der Waals surface area contributed by atoms with Crippen molar-refractivity contribution in [2.24, 2.45) is 5.92 Å². The number of hydrogen-bond acceptors (Lipinski definition) is 5. The Morgan fingerprint density at radius 3 is 2.58 bits per heavy atom. The molecule has 0 aromatic heterocycles. The molecule has 0 bridgehead atoms. The molecule has 9 heteroatoms. The molecule has 1 heterocycles. The molecule has 0 radical (unpaired) electrons. The van der Waals surface area contributed by atoms with Gasteiger partial charge in [-0.25, -0.2) is 4.39 Å². The van der Waals surface area contributed by atoms with E-state index in [2.05, 4.69) is 10.6 Å². The van der Waals surface area contributed by atoms with Gasteiger partial charge in [-0.05, 0) is 55.5 Å². The minimum atomic E-state index is -0.570. The molecule has 1 aliphatic rings. The van der Waals surface area contributed by atoms with Gasteiger partial charge in [0, 0.05) is 24.2 Å². The maximum absolute atomic E-state index is 13.5. The standard InChI is InChI=1S/C27H26FN3O5/c1-3-36-24-10-5-4-9-22(24)31-16-18(14-25(31)32)27(34)29-20-11-12-23(35-2)21(15-20)30-26(33)17-7-6-8-19(28)13-17/h4-13,15,18H,3,14,16H2,1-2H3,(H,29,34)(H,30,33). The van der Waals surface area contributed by atoms with Gasteiger partial charge in [0.25, 0.3) is 5.91 Å². The van der Waals surface area contributed by atoms with Gasteiger partial charge >= 0.3 is 0 Å². The molecule has 0 saturated carbocycles. The molecule has 1 unspecified atom stereocenters. The maximum atomic E-state index is 13.5. The molecular weight excluding hydrogens is 465 g/mol. The number of hydrogen-bond donors (Lipinski definition) is 2. The number of anilines is 3. The monoisotopic (exact) mass is 491 g/mol. The number of para-hydroxylation sites is 2. The van der Waals surface area contributed by atoms with E-state index < -0.39 is 17.6 Å². The Bertz CT molecular complexity index is 1300. The number of ether oxygens (including phenoxy) is 2. The number of nitrogens with zero attached hydrogens (tertiary/aromatic N) is 1. The third-order valence-electron chi connectivity index (χ3n) is 5.75. The number of methoxy groups -OCH3 is 1. The first-order valence-corrected chi connectivity index (χ1v) is 11.5. The molecule has 1 aliphatic heterocycles. The summed E-state index contributed by atoms with van der Waals surface area (Å²) >= 11 is 0. The summed E-state index contributed by atoms with van der Waals surface area (Å²) in [6.45, 7) is 2.54. The molecule has 4 rings (SSSR count). The molecule has 1 fully saturated rings. The number of nitrogens with one attached hydrogen (secondary N) is 2. The van der Waals surface area contributed by atoms with Crippen molar-refractivity contribution in [1.29, 1.82) is 0 Å². The summed E-state index contributed by atoms with van der Waals surface area (Å²) in [6, 6.07) is 17.3. The van der Waals surface area contributed by atoms with Crippen molar-refractivity contribution in [2.45, 2.75) is 13.3 Å². The van der Waals surface area contributed by atoms with Crippen LogP contribution in [0.25, 0.3) is 0 Å². The Hall–Kier alpha value is -4.40. The van der Waals surface area contributed by atoms with Crippen molar-refractivity contribution in [3.05, 3.63) is 78.1 Å². The van der Waals surface area contributed by atoms with Crippen molar-refractivity contribution in [2.75, 3.05) is 35.8 Å². The van der Waals surface area contributed by atoms with Gasteiger partial charge < -0.3 is 25.0 Å². The summed E-state index contributed by atoms with van der Waals surface area (Å²) in [6.07, 6.45) is 0.0611. The van der Waals surface area contributed by atoms with Crippen LogP contribution >= 0.6 is 0 Å². The molecule has 0 spiro atoms. The number of carbonyl (C=O) groups excluding carboxylic acids is 3. The quantitative estimate of drug-likeness (QED) is 0.485. The average Bonchev–Trinajstić information content (AvgIpc) is 3.26. The van der Waals surface area contributed by atoms with Crippen LogP contribution in [0.3, 0.4) is 0 Å². The topological polar surface area (TPSA) is 97.0 Å². The molecule has 3 aromatic rings. The highest BCUT2D eigenvalue weighted by atomic mass is 19.1. The summed E-state index contributed by atoms with van der Waals surface area (Å²) in [4.78, 5) is 39.9. The van der Waals surface area contributed by atoms with Gasteiger partial charge in [0.2, 0.25) is 11.8 Å². The molecule has 3 amide bonds. The Balaban J connectivity index is 1.47. The second kappa shape index (κ2) is 10.9. The van der Waals surface area contributed by atoms with E-state index in [1.54, 1.807) is 35.2 Å². The predicted molar refractivity (Wildman–Crippen MR) is 134 cm³/mol. The van der Waals surface area contributed by atoms with Crippen LogP contribution in [-0.4, -0.2) is 38.0 Å². The Kier molecular flexibility index (Phi) is 7.48. The zero-order chi connectivity index (χ0) is 25.7. The Labute approximate surface area is 208 Å². The minimum Gasteiger partial charge on any atom is -0.495 e. The number of halogens is 1. The SMILES string of the molecule is CCOc1ccccc1N1CC(C(=O)Nc2ccc(OC)c(NC(=O)c3cccc(F)c3)c2)CC1=O. The van der Waals surface area contributed by atoms with Gasteiger partial charge in [-0.2, -0.15) is 0 Å². The highest BCUT2D eigenvalue weighted by Gasteiger charge is 2.36. The van der Waals surface area contributed by atoms with E-state index in [0.717, 1.165) is 6.07 Å². The van der Waals surface area contributed by atoms with E-state index in [1.807, 2.05) is 19.1 Å². The number of benzene rings is 3. The van der Waals surface area contributed by atoms with Crippen LogP contribution in [0.4, 0.5) is 21.5 Å². The zero-order valence-corrected chi connectivity index (χ0v) is 19.9. The van der Waals surface area contributed by atoms with Gasteiger partial charge in [0.1, 0.15) is 17.3 Å². The fourth-order valence-corrected chi connectivity index (χ4v) is 4.03. The number of amides is 3. The van der Waals surface area contributed by atoms with Crippen molar-refractivity contribution in [3.8, 4) is 11.5 Å². The lowest BCUT2D eigenvalue weighted by Gasteiger charge is -2.20. The van der Waals surface area contributed by atoms with Crippen molar-refractivity contribution in [3.63, 3.8) is 0 Å². The summed E-state index contributed by atoms with van der Waals surface area (Å²) in [5.41, 5.74) is 1.49. The highest BCUT2D eigenvalue weighted by Crippen LogP contribution is 2.34. The molecule has 3 aromatic carbocycles. The summed E-state index contributed by atoms with van der Waals surface area (Å²) < 4.78 is 24.4. The predicted octanol–water partition coefficient (Wildman–Crippen LogP) is 4.48. The second-order valence-corrected chi connectivity index (χ2v) is 8.17. The molecule has 1 atom stereocenters. The van der Waals surface area contributed by atoms with E-state index in [0.29, 0.717) is 35.2 Å².